The Morgan fingerprint density at radius 2 is 1.67 bits per heavy atom. The van der Waals surface area contributed by atoms with Crippen LogP contribution in [0.15, 0.2) is 66.3 Å². The molecule has 0 radical (unpaired) electrons. The second-order valence-electron chi connectivity index (χ2n) is 6.37. The molecule has 0 aromatic heterocycles. The Morgan fingerprint density at radius 3 is 2.33 bits per heavy atom. The number of hydrazine groups is 1. The number of hydrogen-bond acceptors (Lipinski definition) is 2. The van der Waals surface area contributed by atoms with Crippen molar-refractivity contribution < 1.29 is 0 Å². The van der Waals surface area contributed by atoms with E-state index < -0.39 is 0 Å². The maximum atomic E-state index is 5.96. The van der Waals surface area contributed by atoms with Crippen LogP contribution >= 0.6 is 0 Å². The largest absolute Gasteiger partial charge is 0.269 e. The van der Waals surface area contributed by atoms with Crippen LogP contribution in [0.1, 0.15) is 44.2 Å². The van der Waals surface area contributed by atoms with Crippen molar-refractivity contribution in [3.8, 4) is 0 Å². The van der Waals surface area contributed by atoms with Gasteiger partial charge in [-0.05, 0) is 60.0 Å². The molecule has 1 aliphatic heterocycles. The van der Waals surface area contributed by atoms with Gasteiger partial charge in [0.05, 0.1) is 0 Å². The molecule has 1 heterocycles. The lowest BCUT2D eigenvalue weighted by molar-refractivity contribution is 0.265. The molecule has 0 atom stereocenters. The molecule has 2 nitrogen and oxygen atoms in total. The zero-order valence-corrected chi connectivity index (χ0v) is 13.9. The molecule has 0 spiro atoms. The van der Waals surface area contributed by atoms with Crippen molar-refractivity contribution in [1.82, 2.24) is 5.01 Å². The number of allylic oxidation sites excluding steroid dienone is 5. The number of benzene rings is 1. The first-order valence-electron chi connectivity index (χ1n) is 8.53. The van der Waals surface area contributed by atoms with Crippen molar-refractivity contribution in [2.24, 2.45) is 5.84 Å². The first-order chi connectivity index (χ1) is 11.2. The summed E-state index contributed by atoms with van der Waals surface area (Å²) >= 11 is 0. The van der Waals surface area contributed by atoms with Gasteiger partial charge in [-0.1, -0.05) is 62.6 Å². The zero-order chi connectivity index (χ0) is 16.2. The molecule has 1 aromatic carbocycles. The molecule has 0 bridgehead atoms. The van der Waals surface area contributed by atoms with Crippen molar-refractivity contribution in [2.45, 2.75) is 39.5 Å². The first-order valence-corrected chi connectivity index (χ1v) is 8.53. The molecule has 0 amide bonds. The fourth-order valence-corrected chi connectivity index (χ4v) is 3.76. The van der Waals surface area contributed by atoms with Gasteiger partial charge in [0.2, 0.25) is 0 Å². The number of aryl methyl sites for hydroxylation is 1. The Labute approximate surface area is 147 Å². The summed E-state index contributed by atoms with van der Waals surface area (Å²) in [5.41, 5.74) is 8.32. The van der Waals surface area contributed by atoms with Gasteiger partial charge in [0.15, 0.2) is 0 Å². The number of rotatable bonds is 2. The van der Waals surface area contributed by atoms with Gasteiger partial charge in [-0.2, -0.15) is 0 Å². The van der Waals surface area contributed by atoms with E-state index in [9.17, 15) is 0 Å². The second-order valence-corrected chi connectivity index (χ2v) is 6.37. The minimum atomic E-state index is 0. The predicted molar refractivity (Wildman–Crippen MR) is 105 cm³/mol. The van der Waals surface area contributed by atoms with Crippen molar-refractivity contribution in [3.63, 3.8) is 0 Å². The number of fused-ring (bicyclic) bond motifs is 1. The monoisotopic (exact) mass is 322 g/mol. The third-order valence-electron chi connectivity index (χ3n) is 5.00. The normalized spacial score (nSPS) is 22.0. The highest BCUT2D eigenvalue weighted by Gasteiger charge is 2.22. The molecule has 128 valence electrons. The highest BCUT2D eigenvalue weighted by atomic mass is 15.4. The van der Waals surface area contributed by atoms with Crippen molar-refractivity contribution in [3.05, 3.63) is 77.4 Å². The summed E-state index contributed by atoms with van der Waals surface area (Å²) in [4.78, 5) is 0. The minimum absolute atomic E-state index is 0. The number of hydrogen-bond donors (Lipinski definition) is 1. The zero-order valence-electron chi connectivity index (χ0n) is 13.9. The van der Waals surface area contributed by atoms with Gasteiger partial charge in [-0.3, -0.25) is 5.84 Å². The average molecular weight is 322 g/mol. The van der Waals surface area contributed by atoms with Gasteiger partial charge < -0.3 is 0 Å². The van der Waals surface area contributed by atoms with E-state index in [4.69, 9.17) is 5.84 Å². The van der Waals surface area contributed by atoms with E-state index in [2.05, 4.69) is 37.4 Å². The van der Waals surface area contributed by atoms with Gasteiger partial charge in [-0.15, -0.1) is 0 Å². The van der Waals surface area contributed by atoms with Crippen molar-refractivity contribution >= 4 is 5.57 Å². The van der Waals surface area contributed by atoms with Gasteiger partial charge >= 0.3 is 0 Å². The van der Waals surface area contributed by atoms with Crippen LogP contribution in [-0.4, -0.2) is 18.1 Å². The van der Waals surface area contributed by atoms with Crippen LogP contribution in [-0.2, 0) is 6.42 Å². The third kappa shape index (κ3) is 3.61. The summed E-state index contributed by atoms with van der Waals surface area (Å²) in [6, 6.07) is 8.83. The third-order valence-corrected chi connectivity index (χ3v) is 5.00. The van der Waals surface area contributed by atoms with Crippen molar-refractivity contribution in [1.29, 1.82) is 0 Å². The summed E-state index contributed by atoms with van der Waals surface area (Å²) in [6.07, 6.45) is 9.45. The van der Waals surface area contributed by atoms with E-state index in [0.29, 0.717) is 0 Å². The summed E-state index contributed by atoms with van der Waals surface area (Å²) in [7, 11) is 0. The van der Waals surface area contributed by atoms with Gasteiger partial charge in [0.25, 0.3) is 0 Å². The minimum Gasteiger partial charge on any atom is -0.269 e. The SMILES string of the molecule is C.C=C/C1=C(\C=C)C(=C2CCN(N)CC2)c2ccccc2CCC1. The Bertz CT molecular complexity index is 669. The Hall–Kier alpha value is -1.90. The predicted octanol–water partition coefficient (Wildman–Crippen LogP) is 5.05. The summed E-state index contributed by atoms with van der Waals surface area (Å²) < 4.78 is 0. The Balaban J connectivity index is 0.00000208. The molecule has 24 heavy (non-hydrogen) atoms. The van der Waals surface area contributed by atoms with E-state index in [1.807, 2.05) is 17.2 Å². The standard InChI is InChI=1S/C21H26N2.CH4/c1-3-16-9-7-10-17-8-5-6-11-20(17)21(19(16)4-2)18-12-14-23(22)15-13-18;/h3-6,8,11H,1-2,7,9-10,12-15,22H2;1H4/b19-16-;. The highest BCUT2D eigenvalue weighted by Crippen LogP contribution is 2.38. The molecular formula is C22H30N2. The Morgan fingerprint density at radius 1 is 0.958 bits per heavy atom. The maximum absolute atomic E-state index is 5.96. The van der Waals surface area contributed by atoms with E-state index >= 15 is 0 Å². The lowest BCUT2D eigenvalue weighted by atomic mass is 9.80. The fraction of sp³-hybridized carbons (Fsp3) is 0.364. The summed E-state index contributed by atoms with van der Waals surface area (Å²) in [5.74, 6) is 5.96. The molecule has 0 unspecified atom stereocenters. The molecule has 1 saturated heterocycles. The van der Waals surface area contributed by atoms with Gasteiger partial charge in [-0.25, -0.2) is 5.01 Å². The molecular weight excluding hydrogens is 292 g/mol. The average Bonchev–Trinajstić information content (AvgIpc) is 2.57. The van der Waals surface area contributed by atoms with E-state index in [1.54, 1.807) is 0 Å². The number of nitrogens with two attached hydrogens (primary N) is 1. The number of nitrogens with zero attached hydrogens (tertiary/aromatic N) is 1. The van der Waals surface area contributed by atoms with Crippen molar-refractivity contribution in [2.75, 3.05) is 13.1 Å². The van der Waals surface area contributed by atoms with Crippen LogP contribution in [0.2, 0.25) is 0 Å². The highest BCUT2D eigenvalue weighted by molar-refractivity contribution is 5.87. The van der Waals surface area contributed by atoms with Crippen LogP contribution in [0, 0.1) is 0 Å². The van der Waals surface area contributed by atoms with Crippen LogP contribution in [0.3, 0.4) is 0 Å². The van der Waals surface area contributed by atoms with Gasteiger partial charge in [0.1, 0.15) is 0 Å². The molecule has 1 aromatic rings. The fourth-order valence-electron chi connectivity index (χ4n) is 3.76. The lowest BCUT2D eigenvalue weighted by Gasteiger charge is -2.29. The Kier molecular flexibility index (Phi) is 6.36. The molecule has 2 heteroatoms. The quantitative estimate of drug-likeness (QED) is 0.772. The second kappa shape index (κ2) is 8.27. The van der Waals surface area contributed by atoms with Crippen LogP contribution < -0.4 is 5.84 Å². The maximum Gasteiger partial charge on any atom is 0.0166 e. The smallest absolute Gasteiger partial charge is 0.0166 e. The number of piperidine rings is 1. The lowest BCUT2D eigenvalue weighted by Crippen LogP contribution is -2.36. The van der Waals surface area contributed by atoms with Gasteiger partial charge in [0, 0.05) is 13.1 Å². The van der Waals surface area contributed by atoms with E-state index in [-0.39, 0.29) is 7.43 Å². The summed E-state index contributed by atoms with van der Waals surface area (Å²) in [5, 5.41) is 1.92. The molecule has 1 fully saturated rings. The van der Waals surface area contributed by atoms with Crippen LogP contribution in [0.25, 0.3) is 5.57 Å². The molecule has 0 saturated carbocycles. The molecule has 2 aliphatic rings. The first kappa shape index (κ1) is 18.4. The topological polar surface area (TPSA) is 29.3 Å². The van der Waals surface area contributed by atoms with E-state index in [0.717, 1.165) is 45.2 Å². The molecule has 3 rings (SSSR count). The summed E-state index contributed by atoms with van der Waals surface area (Å²) in [6.45, 7) is 10.0. The molecule has 1 aliphatic carbocycles. The van der Waals surface area contributed by atoms with E-state index in [1.165, 1.54) is 33.4 Å². The van der Waals surface area contributed by atoms with Crippen LogP contribution in [0.5, 0.6) is 0 Å². The van der Waals surface area contributed by atoms with Crippen LogP contribution in [0.4, 0.5) is 0 Å². The molecule has 2 N–H and O–H groups in total.